The van der Waals surface area contributed by atoms with E-state index < -0.39 is 26.4 Å². The minimum Gasteiger partial charge on any atom is -0.352 e. The number of carbonyl (C=O) groups excluding carboxylic acids is 2. The summed E-state index contributed by atoms with van der Waals surface area (Å²) in [6.07, 6.45) is 1.67. The van der Waals surface area contributed by atoms with Crippen molar-refractivity contribution >= 4 is 33.0 Å². The van der Waals surface area contributed by atoms with Gasteiger partial charge in [-0.2, -0.15) is 0 Å². The lowest BCUT2D eigenvalue weighted by atomic mass is 10.1. The number of benzene rings is 2. The molecule has 10 heteroatoms. The molecule has 2 N–H and O–H groups in total. The topological polar surface area (TPSA) is 135 Å². The highest BCUT2D eigenvalue weighted by atomic mass is 32.2. The SMILES string of the molecule is CCCNC(=O)c1cccc(NC(=O)c2cc([N+](=O)[O-])cc(S(C)(=O)=O)c2)c1. The Bertz CT molecular complexity index is 1030. The van der Waals surface area contributed by atoms with Gasteiger partial charge in [-0.25, -0.2) is 8.42 Å². The van der Waals surface area contributed by atoms with Crippen molar-refractivity contribution in [1.29, 1.82) is 0 Å². The number of nitrogens with one attached hydrogen (secondary N) is 2. The number of carbonyl (C=O) groups is 2. The zero-order chi connectivity index (χ0) is 20.9. The van der Waals surface area contributed by atoms with E-state index in [9.17, 15) is 28.1 Å². The molecule has 0 aliphatic heterocycles. The van der Waals surface area contributed by atoms with Crippen LogP contribution in [-0.4, -0.2) is 38.0 Å². The van der Waals surface area contributed by atoms with E-state index >= 15 is 0 Å². The van der Waals surface area contributed by atoms with E-state index in [1.54, 1.807) is 18.2 Å². The van der Waals surface area contributed by atoms with Crippen molar-refractivity contribution in [3.63, 3.8) is 0 Å². The normalized spacial score (nSPS) is 10.9. The van der Waals surface area contributed by atoms with Crippen molar-refractivity contribution in [2.75, 3.05) is 18.1 Å². The molecule has 28 heavy (non-hydrogen) atoms. The Balaban J connectivity index is 2.31. The minimum atomic E-state index is -3.75. The summed E-state index contributed by atoms with van der Waals surface area (Å²) in [6, 6.07) is 9.10. The molecule has 9 nitrogen and oxygen atoms in total. The Morgan fingerprint density at radius 2 is 1.79 bits per heavy atom. The molecule has 0 saturated carbocycles. The molecular weight excluding hydrogens is 386 g/mol. The molecule has 0 aliphatic carbocycles. The lowest BCUT2D eigenvalue weighted by molar-refractivity contribution is -0.385. The highest BCUT2D eigenvalue weighted by Crippen LogP contribution is 2.22. The molecule has 0 bridgehead atoms. The van der Waals surface area contributed by atoms with Gasteiger partial charge in [-0.05, 0) is 30.7 Å². The Morgan fingerprint density at radius 1 is 1.07 bits per heavy atom. The van der Waals surface area contributed by atoms with E-state index in [4.69, 9.17) is 0 Å². The maximum atomic E-state index is 12.5. The van der Waals surface area contributed by atoms with Crippen LogP contribution in [0.25, 0.3) is 0 Å². The van der Waals surface area contributed by atoms with Gasteiger partial charge in [-0.15, -0.1) is 0 Å². The van der Waals surface area contributed by atoms with Gasteiger partial charge in [-0.1, -0.05) is 13.0 Å². The smallest absolute Gasteiger partial charge is 0.271 e. The Kier molecular flexibility index (Phi) is 6.47. The predicted octanol–water partition coefficient (Wildman–Crippen LogP) is 2.39. The van der Waals surface area contributed by atoms with Gasteiger partial charge in [-0.3, -0.25) is 19.7 Å². The van der Waals surface area contributed by atoms with Crippen LogP contribution in [0.5, 0.6) is 0 Å². The average Bonchev–Trinajstić information content (AvgIpc) is 2.65. The van der Waals surface area contributed by atoms with E-state index in [0.717, 1.165) is 30.9 Å². The number of amides is 2. The summed E-state index contributed by atoms with van der Waals surface area (Å²) in [7, 11) is -3.75. The van der Waals surface area contributed by atoms with Crippen LogP contribution in [0.3, 0.4) is 0 Å². The first-order chi connectivity index (χ1) is 13.1. The third-order valence-electron chi connectivity index (χ3n) is 3.71. The van der Waals surface area contributed by atoms with Crippen LogP contribution in [0, 0.1) is 10.1 Å². The molecule has 2 aromatic rings. The zero-order valence-corrected chi connectivity index (χ0v) is 16.1. The summed E-state index contributed by atoms with van der Waals surface area (Å²) in [5.41, 5.74) is -0.0695. The fourth-order valence-corrected chi connectivity index (χ4v) is 2.99. The maximum Gasteiger partial charge on any atom is 0.271 e. The van der Waals surface area contributed by atoms with Gasteiger partial charge in [0.2, 0.25) is 0 Å². The molecule has 0 fully saturated rings. The number of rotatable bonds is 7. The first kappa shape index (κ1) is 21.0. The van der Waals surface area contributed by atoms with E-state index in [1.165, 1.54) is 6.07 Å². The fraction of sp³-hybridized carbons (Fsp3) is 0.222. The molecule has 0 aromatic heterocycles. The highest BCUT2D eigenvalue weighted by Gasteiger charge is 2.19. The maximum absolute atomic E-state index is 12.5. The van der Waals surface area contributed by atoms with Crippen molar-refractivity contribution in [2.45, 2.75) is 18.2 Å². The van der Waals surface area contributed by atoms with Crippen LogP contribution >= 0.6 is 0 Å². The number of hydrogen-bond acceptors (Lipinski definition) is 6. The van der Waals surface area contributed by atoms with Gasteiger partial charge in [0.05, 0.1) is 9.82 Å². The lowest BCUT2D eigenvalue weighted by Crippen LogP contribution is -2.24. The summed E-state index contributed by atoms with van der Waals surface area (Å²) < 4.78 is 23.5. The number of nitro groups is 1. The number of non-ortho nitro benzene ring substituents is 1. The van der Waals surface area contributed by atoms with Crippen molar-refractivity contribution in [2.24, 2.45) is 0 Å². The minimum absolute atomic E-state index is 0.185. The van der Waals surface area contributed by atoms with Gasteiger partial charge in [0.1, 0.15) is 0 Å². The summed E-state index contributed by atoms with van der Waals surface area (Å²) in [4.78, 5) is 34.5. The van der Waals surface area contributed by atoms with Crippen molar-refractivity contribution in [3.05, 3.63) is 63.7 Å². The second kappa shape index (κ2) is 8.61. The van der Waals surface area contributed by atoms with Gasteiger partial charge >= 0.3 is 0 Å². The average molecular weight is 405 g/mol. The molecular formula is C18H19N3O6S. The second-order valence-corrected chi connectivity index (χ2v) is 8.05. The van der Waals surface area contributed by atoms with Gasteiger partial charge in [0.25, 0.3) is 17.5 Å². The fourth-order valence-electron chi connectivity index (χ4n) is 2.32. The number of anilines is 1. The van der Waals surface area contributed by atoms with Gasteiger partial charge < -0.3 is 10.6 Å². The van der Waals surface area contributed by atoms with Crippen molar-refractivity contribution < 1.29 is 22.9 Å². The Morgan fingerprint density at radius 3 is 2.39 bits per heavy atom. The number of hydrogen-bond donors (Lipinski definition) is 2. The molecule has 2 amide bonds. The Labute approximate surface area is 161 Å². The van der Waals surface area contributed by atoms with Crippen molar-refractivity contribution in [1.82, 2.24) is 5.32 Å². The van der Waals surface area contributed by atoms with E-state index in [0.29, 0.717) is 17.8 Å². The van der Waals surface area contributed by atoms with Gasteiger partial charge in [0.15, 0.2) is 9.84 Å². The number of nitro benzene ring substituents is 1. The summed E-state index contributed by atoms with van der Waals surface area (Å²) in [6.45, 7) is 2.43. The molecule has 0 aliphatic rings. The molecule has 0 saturated heterocycles. The van der Waals surface area contributed by atoms with E-state index in [-0.39, 0.29) is 16.4 Å². The first-order valence-electron chi connectivity index (χ1n) is 8.31. The van der Waals surface area contributed by atoms with Crippen LogP contribution in [-0.2, 0) is 9.84 Å². The van der Waals surface area contributed by atoms with Crippen molar-refractivity contribution in [3.8, 4) is 0 Å². The van der Waals surface area contributed by atoms with E-state index in [2.05, 4.69) is 10.6 Å². The van der Waals surface area contributed by atoms with Crippen LogP contribution in [0.2, 0.25) is 0 Å². The quantitative estimate of drug-likeness (QED) is 0.536. The summed E-state index contributed by atoms with van der Waals surface area (Å²) >= 11 is 0. The van der Waals surface area contributed by atoms with E-state index in [1.807, 2.05) is 6.92 Å². The standard InChI is InChI=1S/C18H19N3O6S/c1-3-7-19-17(22)12-5-4-6-14(8-12)20-18(23)13-9-15(21(24)25)11-16(10-13)28(2,26)27/h4-6,8-11H,3,7H2,1-2H3,(H,19,22)(H,20,23). The largest absolute Gasteiger partial charge is 0.352 e. The number of nitrogens with zero attached hydrogens (tertiary/aromatic N) is 1. The summed E-state index contributed by atoms with van der Waals surface area (Å²) in [5, 5.41) is 16.3. The highest BCUT2D eigenvalue weighted by molar-refractivity contribution is 7.90. The van der Waals surface area contributed by atoms with Crippen LogP contribution in [0.1, 0.15) is 34.1 Å². The van der Waals surface area contributed by atoms with Crippen LogP contribution < -0.4 is 10.6 Å². The monoisotopic (exact) mass is 405 g/mol. The predicted molar refractivity (Wildman–Crippen MR) is 103 cm³/mol. The molecule has 0 heterocycles. The van der Waals surface area contributed by atoms with Crippen LogP contribution in [0.15, 0.2) is 47.4 Å². The van der Waals surface area contributed by atoms with Crippen LogP contribution in [0.4, 0.5) is 11.4 Å². The number of sulfone groups is 1. The van der Waals surface area contributed by atoms with Gasteiger partial charge in [0, 0.05) is 41.7 Å². The Hall–Kier alpha value is -3.27. The molecule has 2 rings (SSSR count). The summed E-state index contributed by atoms with van der Waals surface area (Å²) in [5.74, 6) is -1.03. The molecule has 148 valence electrons. The molecule has 0 atom stereocenters. The molecule has 2 aromatic carbocycles. The third-order valence-corrected chi connectivity index (χ3v) is 4.80. The molecule has 0 radical (unpaired) electrons. The second-order valence-electron chi connectivity index (χ2n) is 6.04. The third kappa shape index (κ3) is 5.36. The molecule has 0 spiro atoms. The first-order valence-corrected chi connectivity index (χ1v) is 10.2. The molecule has 0 unspecified atom stereocenters. The zero-order valence-electron chi connectivity index (χ0n) is 15.3. The lowest BCUT2D eigenvalue weighted by Gasteiger charge is -2.09.